The minimum absolute atomic E-state index is 0.238. The van der Waals surface area contributed by atoms with Gasteiger partial charge in [0.25, 0.3) is 0 Å². The monoisotopic (exact) mass is 170 g/mol. The van der Waals surface area contributed by atoms with Crippen LogP contribution in [-0.4, -0.2) is 47.9 Å². The zero-order chi connectivity index (χ0) is 9.30. The van der Waals surface area contributed by atoms with Crippen LogP contribution >= 0.6 is 0 Å². The molecule has 3 nitrogen and oxygen atoms in total. The molecule has 0 aromatic heterocycles. The highest BCUT2D eigenvalue weighted by Crippen LogP contribution is 2.10. The molecule has 3 heteroatoms. The van der Waals surface area contributed by atoms with Crippen LogP contribution in [0.1, 0.15) is 20.8 Å². The largest absolute Gasteiger partial charge is 0.341 e. The summed E-state index contributed by atoms with van der Waals surface area (Å²) in [6, 6.07) is 0.832. The van der Waals surface area contributed by atoms with E-state index < -0.39 is 0 Å². The number of carbonyl (C=O) groups is 1. The van der Waals surface area contributed by atoms with Gasteiger partial charge in [0.05, 0.1) is 6.54 Å². The van der Waals surface area contributed by atoms with Crippen LogP contribution in [0.25, 0.3) is 0 Å². The van der Waals surface area contributed by atoms with Crippen molar-refractivity contribution in [2.45, 2.75) is 32.9 Å². The smallest absolute Gasteiger partial charge is 0.236 e. The average Bonchev–Trinajstić information content (AvgIpc) is 1.99. The molecule has 1 unspecified atom stereocenters. The van der Waals surface area contributed by atoms with E-state index in [1.54, 1.807) is 0 Å². The Morgan fingerprint density at radius 1 is 1.50 bits per heavy atom. The maximum Gasteiger partial charge on any atom is 0.236 e. The Hall–Kier alpha value is -0.570. The molecule has 0 spiro atoms. The van der Waals surface area contributed by atoms with Crippen molar-refractivity contribution in [1.29, 1.82) is 0 Å². The van der Waals surface area contributed by atoms with Gasteiger partial charge in [0, 0.05) is 25.7 Å². The second kappa shape index (κ2) is 3.44. The molecule has 0 radical (unpaired) electrons. The van der Waals surface area contributed by atoms with Crippen LogP contribution in [0.3, 0.4) is 0 Å². The van der Waals surface area contributed by atoms with Gasteiger partial charge in [-0.1, -0.05) is 0 Å². The quantitative estimate of drug-likeness (QED) is 0.574. The fourth-order valence-corrected chi connectivity index (χ4v) is 1.45. The third kappa shape index (κ3) is 1.78. The summed E-state index contributed by atoms with van der Waals surface area (Å²) in [6.45, 7) is 7.93. The first-order valence-corrected chi connectivity index (χ1v) is 4.52. The molecule has 1 heterocycles. The predicted octanol–water partition coefficient (Wildman–Crippen LogP) is 0.557. The normalized spacial score (nSPS) is 26.9. The molecule has 1 saturated heterocycles. The highest BCUT2D eigenvalue weighted by molar-refractivity contribution is 5.79. The van der Waals surface area contributed by atoms with E-state index in [9.17, 15) is 4.79 Å². The average molecular weight is 170 g/mol. The topological polar surface area (TPSA) is 23.6 Å². The molecule has 0 aromatic rings. The molecule has 0 saturated carbocycles. The molecular formula is C9H18N2O. The van der Waals surface area contributed by atoms with E-state index >= 15 is 0 Å². The number of hydrogen-bond donors (Lipinski definition) is 0. The summed E-state index contributed by atoms with van der Waals surface area (Å²) in [7, 11) is 1.88. The summed E-state index contributed by atoms with van der Waals surface area (Å²) in [5.41, 5.74) is 0. The Bertz CT molecular complexity index is 179. The van der Waals surface area contributed by atoms with Crippen molar-refractivity contribution < 1.29 is 4.79 Å². The zero-order valence-electron chi connectivity index (χ0n) is 8.37. The number of likely N-dealkylation sites (N-methyl/N-ethyl adjacent to an activating group) is 1. The predicted molar refractivity (Wildman–Crippen MR) is 48.9 cm³/mol. The van der Waals surface area contributed by atoms with Gasteiger partial charge in [-0.3, -0.25) is 9.69 Å². The fourth-order valence-electron chi connectivity index (χ4n) is 1.45. The van der Waals surface area contributed by atoms with Crippen molar-refractivity contribution in [2.75, 3.05) is 20.1 Å². The number of carbonyl (C=O) groups excluding carboxylic acids is 1. The molecule has 1 aliphatic heterocycles. The minimum Gasteiger partial charge on any atom is -0.341 e. The van der Waals surface area contributed by atoms with Gasteiger partial charge in [-0.2, -0.15) is 0 Å². The van der Waals surface area contributed by atoms with E-state index in [1.807, 2.05) is 11.9 Å². The van der Waals surface area contributed by atoms with Crippen molar-refractivity contribution >= 4 is 5.91 Å². The molecule has 1 atom stereocenters. The van der Waals surface area contributed by atoms with Crippen molar-refractivity contribution in [2.24, 2.45) is 0 Å². The number of nitrogens with zero attached hydrogens (tertiary/aromatic N) is 2. The van der Waals surface area contributed by atoms with Gasteiger partial charge in [0.1, 0.15) is 0 Å². The first kappa shape index (κ1) is 9.52. The second-order valence-corrected chi connectivity index (χ2v) is 3.88. The lowest BCUT2D eigenvalue weighted by molar-refractivity contribution is -0.138. The number of amides is 1. The third-order valence-electron chi connectivity index (χ3n) is 2.62. The molecule has 1 aliphatic rings. The van der Waals surface area contributed by atoms with Gasteiger partial charge in [0.15, 0.2) is 0 Å². The summed E-state index contributed by atoms with van der Waals surface area (Å²) < 4.78 is 0. The summed E-state index contributed by atoms with van der Waals surface area (Å²) in [6.07, 6.45) is 0. The Kier molecular flexibility index (Phi) is 2.73. The summed E-state index contributed by atoms with van der Waals surface area (Å²) >= 11 is 0. The number of rotatable bonds is 1. The van der Waals surface area contributed by atoms with Crippen LogP contribution in [0.15, 0.2) is 0 Å². The van der Waals surface area contributed by atoms with Crippen molar-refractivity contribution in [3.63, 3.8) is 0 Å². The Balaban J connectivity index is 2.59. The van der Waals surface area contributed by atoms with Crippen LogP contribution in [-0.2, 0) is 4.79 Å². The Labute approximate surface area is 74.3 Å². The van der Waals surface area contributed by atoms with Gasteiger partial charge in [-0.25, -0.2) is 0 Å². The van der Waals surface area contributed by atoms with Crippen molar-refractivity contribution in [1.82, 2.24) is 9.80 Å². The first-order valence-electron chi connectivity index (χ1n) is 4.52. The summed E-state index contributed by atoms with van der Waals surface area (Å²) in [4.78, 5) is 15.5. The molecule has 1 amide bonds. The standard InChI is InChI=1S/C9H18N2O/c1-7(2)11-5-8(3)10(4)9(12)6-11/h7-8H,5-6H2,1-4H3. The van der Waals surface area contributed by atoms with Crippen molar-refractivity contribution in [3.05, 3.63) is 0 Å². The van der Waals surface area contributed by atoms with E-state index in [0.29, 0.717) is 18.6 Å². The highest BCUT2D eigenvalue weighted by Gasteiger charge is 2.27. The van der Waals surface area contributed by atoms with Gasteiger partial charge in [-0.05, 0) is 20.8 Å². The van der Waals surface area contributed by atoms with Crippen LogP contribution in [0.4, 0.5) is 0 Å². The highest BCUT2D eigenvalue weighted by atomic mass is 16.2. The molecule has 0 N–H and O–H groups in total. The van der Waals surface area contributed by atoms with Crippen molar-refractivity contribution in [3.8, 4) is 0 Å². The first-order chi connectivity index (χ1) is 5.52. The molecule has 0 aromatic carbocycles. The van der Waals surface area contributed by atoms with Gasteiger partial charge >= 0.3 is 0 Å². The Morgan fingerprint density at radius 2 is 2.08 bits per heavy atom. The SMILES string of the molecule is CC(C)N1CC(=O)N(C)C(C)C1. The van der Waals surface area contributed by atoms with Gasteiger partial charge in [0.2, 0.25) is 5.91 Å². The molecule has 0 aliphatic carbocycles. The molecule has 0 bridgehead atoms. The molecule has 70 valence electrons. The lowest BCUT2D eigenvalue weighted by Crippen LogP contribution is -2.55. The lowest BCUT2D eigenvalue weighted by atomic mass is 10.1. The van der Waals surface area contributed by atoms with Gasteiger partial charge < -0.3 is 4.90 Å². The van der Waals surface area contributed by atoms with E-state index in [2.05, 4.69) is 25.7 Å². The number of piperazine rings is 1. The van der Waals surface area contributed by atoms with E-state index in [1.165, 1.54) is 0 Å². The number of hydrogen-bond acceptors (Lipinski definition) is 2. The van der Waals surface area contributed by atoms with Crippen LogP contribution in [0, 0.1) is 0 Å². The zero-order valence-corrected chi connectivity index (χ0v) is 8.37. The summed E-state index contributed by atoms with van der Waals surface area (Å²) in [5, 5.41) is 0. The fraction of sp³-hybridized carbons (Fsp3) is 0.889. The molecule has 1 rings (SSSR count). The van der Waals surface area contributed by atoms with E-state index in [4.69, 9.17) is 0 Å². The van der Waals surface area contributed by atoms with Crippen LogP contribution in [0.5, 0.6) is 0 Å². The van der Waals surface area contributed by atoms with Crippen LogP contribution in [0.2, 0.25) is 0 Å². The molecule has 1 fully saturated rings. The van der Waals surface area contributed by atoms with E-state index in [0.717, 1.165) is 6.54 Å². The lowest BCUT2D eigenvalue weighted by Gasteiger charge is -2.39. The van der Waals surface area contributed by atoms with Gasteiger partial charge in [-0.15, -0.1) is 0 Å². The minimum atomic E-state index is 0.238. The second-order valence-electron chi connectivity index (χ2n) is 3.88. The maximum atomic E-state index is 11.4. The summed E-state index contributed by atoms with van der Waals surface area (Å²) in [5.74, 6) is 0.238. The molecular weight excluding hydrogens is 152 g/mol. The molecule has 12 heavy (non-hydrogen) atoms. The maximum absolute atomic E-state index is 11.4. The third-order valence-corrected chi connectivity index (χ3v) is 2.62. The Morgan fingerprint density at radius 3 is 2.50 bits per heavy atom. The van der Waals surface area contributed by atoms with Crippen LogP contribution < -0.4 is 0 Å². The van der Waals surface area contributed by atoms with E-state index in [-0.39, 0.29) is 5.91 Å².